The lowest BCUT2D eigenvalue weighted by atomic mass is 10.2. The summed E-state index contributed by atoms with van der Waals surface area (Å²) in [4.78, 5) is 0. The van der Waals surface area contributed by atoms with E-state index in [1.807, 2.05) is 11.6 Å². The number of rotatable bonds is 4. The number of aromatic nitrogens is 2. The van der Waals surface area contributed by atoms with Gasteiger partial charge in [-0.3, -0.25) is 0 Å². The second-order valence-electron chi connectivity index (χ2n) is 4.77. The van der Waals surface area contributed by atoms with Crippen LogP contribution in [0.3, 0.4) is 0 Å². The van der Waals surface area contributed by atoms with E-state index in [9.17, 15) is 0 Å². The number of nitrogens with zero attached hydrogens (tertiary/aromatic N) is 2. The zero-order valence-electron chi connectivity index (χ0n) is 11.9. The Kier molecular flexibility index (Phi) is 4.42. The summed E-state index contributed by atoms with van der Waals surface area (Å²) in [7, 11) is 0. The number of halogens is 1. The molecule has 0 radical (unpaired) electrons. The van der Waals surface area contributed by atoms with E-state index >= 15 is 0 Å². The Hall–Kier alpha value is -1.13. The summed E-state index contributed by atoms with van der Waals surface area (Å²) in [6.45, 7) is 10.3. The lowest BCUT2D eigenvalue weighted by Crippen LogP contribution is -2.12. The molecule has 0 fully saturated rings. The fraction of sp³-hybridized carbons (Fsp3) is 0.400. The third-order valence-corrected chi connectivity index (χ3v) is 4.11. The first-order valence-corrected chi connectivity index (χ1v) is 7.36. The molecule has 0 bridgehead atoms. The first-order valence-electron chi connectivity index (χ1n) is 6.57. The van der Waals surface area contributed by atoms with Crippen LogP contribution in [0.5, 0.6) is 0 Å². The van der Waals surface area contributed by atoms with Crippen molar-refractivity contribution in [2.75, 3.05) is 6.54 Å². The van der Waals surface area contributed by atoms with Gasteiger partial charge in [0.1, 0.15) is 0 Å². The molecule has 0 amide bonds. The highest BCUT2D eigenvalue weighted by molar-refractivity contribution is 9.10. The number of benzene rings is 1. The molecule has 0 atom stereocenters. The van der Waals surface area contributed by atoms with Gasteiger partial charge in [-0.15, -0.1) is 0 Å². The molecule has 1 aromatic heterocycles. The van der Waals surface area contributed by atoms with Crippen molar-refractivity contribution in [3.8, 4) is 5.69 Å². The molecule has 1 heterocycles. The van der Waals surface area contributed by atoms with E-state index < -0.39 is 0 Å². The summed E-state index contributed by atoms with van der Waals surface area (Å²) in [5.74, 6) is 0. The Morgan fingerprint density at radius 3 is 2.53 bits per heavy atom. The van der Waals surface area contributed by atoms with Crippen molar-refractivity contribution < 1.29 is 0 Å². The molecule has 0 spiro atoms. The standard InChI is InChI=1S/C15H20BrN3/c1-5-17-9-13-6-7-15(14(16)8-13)19-12(4)10(2)11(3)18-19/h6-8,17H,5,9H2,1-4H3. The molecular weight excluding hydrogens is 302 g/mol. The van der Waals surface area contributed by atoms with Gasteiger partial charge < -0.3 is 5.32 Å². The molecule has 19 heavy (non-hydrogen) atoms. The molecule has 0 aliphatic carbocycles. The van der Waals surface area contributed by atoms with E-state index in [1.165, 1.54) is 16.8 Å². The number of aryl methyl sites for hydroxylation is 1. The summed E-state index contributed by atoms with van der Waals surface area (Å²) in [5, 5.41) is 7.94. The van der Waals surface area contributed by atoms with Gasteiger partial charge in [-0.2, -0.15) is 5.10 Å². The van der Waals surface area contributed by atoms with Crippen LogP contribution in [0.2, 0.25) is 0 Å². The van der Waals surface area contributed by atoms with Crippen molar-refractivity contribution in [1.29, 1.82) is 0 Å². The van der Waals surface area contributed by atoms with Gasteiger partial charge in [-0.1, -0.05) is 13.0 Å². The quantitative estimate of drug-likeness (QED) is 0.931. The first kappa shape index (κ1) is 14.3. The second kappa shape index (κ2) is 5.88. The van der Waals surface area contributed by atoms with Crippen LogP contribution in [0, 0.1) is 20.8 Å². The Labute approximate surface area is 123 Å². The van der Waals surface area contributed by atoms with Crippen molar-refractivity contribution in [2.45, 2.75) is 34.2 Å². The van der Waals surface area contributed by atoms with Crippen LogP contribution in [0.25, 0.3) is 5.69 Å². The molecule has 1 N–H and O–H groups in total. The molecule has 0 aliphatic heterocycles. The molecule has 0 unspecified atom stereocenters. The SMILES string of the molecule is CCNCc1ccc(-n2nc(C)c(C)c2C)c(Br)c1. The minimum absolute atomic E-state index is 0.894. The Morgan fingerprint density at radius 2 is 2.00 bits per heavy atom. The maximum absolute atomic E-state index is 4.60. The highest BCUT2D eigenvalue weighted by Crippen LogP contribution is 2.25. The number of hydrogen-bond acceptors (Lipinski definition) is 2. The van der Waals surface area contributed by atoms with Gasteiger partial charge in [-0.25, -0.2) is 4.68 Å². The molecule has 102 valence electrons. The molecular formula is C15H20BrN3. The molecule has 2 rings (SSSR count). The highest BCUT2D eigenvalue weighted by atomic mass is 79.9. The van der Waals surface area contributed by atoms with E-state index in [0.29, 0.717) is 0 Å². The maximum Gasteiger partial charge on any atom is 0.0791 e. The highest BCUT2D eigenvalue weighted by Gasteiger charge is 2.11. The summed E-state index contributed by atoms with van der Waals surface area (Å²) in [5.41, 5.74) is 5.90. The van der Waals surface area contributed by atoms with Crippen molar-refractivity contribution in [3.63, 3.8) is 0 Å². The predicted octanol–water partition coefficient (Wildman–Crippen LogP) is 3.67. The first-order chi connectivity index (χ1) is 9.04. The third kappa shape index (κ3) is 2.90. The van der Waals surface area contributed by atoms with Crippen LogP contribution in [0.1, 0.15) is 29.4 Å². The largest absolute Gasteiger partial charge is 0.313 e. The van der Waals surface area contributed by atoms with Gasteiger partial charge in [0.15, 0.2) is 0 Å². The Morgan fingerprint density at radius 1 is 1.26 bits per heavy atom. The predicted molar refractivity (Wildman–Crippen MR) is 82.9 cm³/mol. The van der Waals surface area contributed by atoms with Crippen molar-refractivity contribution in [1.82, 2.24) is 15.1 Å². The minimum Gasteiger partial charge on any atom is -0.313 e. The van der Waals surface area contributed by atoms with Crippen LogP contribution in [0.15, 0.2) is 22.7 Å². The normalized spacial score (nSPS) is 11.0. The molecule has 0 saturated heterocycles. The Bertz CT molecular complexity index is 587. The van der Waals surface area contributed by atoms with Crippen LogP contribution in [0.4, 0.5) is 0 Å². The fourth-order valence-corrected chi connectivity index (χ4v) is 2.65. The number of nitrogens with one attached hydrogen (secondary N) is 1. The fourth-order valence-electron chi connectivity index (χ4n) is 2.06. The Balaban J connectivity index is 2.37. The van der Waals surface area contributed by atoms with E-state index in [2.05, 4.69) is 65.3 Å². The maximum atomic E-state index is 4.60. The van der Waals surface area contributed by atoms with Crippen LogP contribution in [-0.2, 0) is 6.54 Å². The summed E-state index contributed by atoms with van der Waals surface area (Å²) in [6, 6.07) is 6.42. The van der Waals surface area contributed by atoms with Crippen molar-refractivity contribution in [2.24, 2.45) is 0 Å². The van der Waals surface area contributed by atoms with Crippen LogP contribution < -0.4 is 5.32 Å². The average Bonchev–Trinajstić information content (AvgIpc) is 2.64. The second-order valence-corrected chi connectivity index (χ2v) is 5.63. The van der Waals surface area contributed by atoms with Gasteiger partial charge >= 0.3 is 0 Å². The van der Waals surface area contributed by atoms with Crippen LogP contribution in [-0.4, -0.2) is 16.3 Å². The van der Waals surface area contributed by atoms with Gasteiger partial charge in [-0.05, 0) is 66.5 Å². The molecule has 4 heteroatoms. The van der Waals surface area contributed by atoms with E-state index in [1.54, 1.807) is 0 Å². The molecule has 0 aliphatic rings. The number of hydrogen-bond donors (Lipinski definition) is 1. The van der Waals surface area contributed by atoms with E-state index in [-0.39, 0.29) is 0 Å². The lowest BCUT2D eigenvalue weighted by molar-refractivity contribution is 0.725. The minimum atomic E-state index is 0.894. The lowest BCUT2D eigenvalue weighted by Gasteiger charge is -2.10. The summed E-state index contributed by atoms with van der Waals surface area (Å²) in [6.07, 6.45) is 0. The van der Waals surface area contributed by atoms with Crippen LogP contribution >= 0.6 is 15.9 Å². The topological polar surface area (TPSA) is 29.9 Å². The molecule has 0 saturated carbocycles. The monoisotopic (exact) mass is 321 g/mol. The van der Waals surface area contributed by atoms with E-state index in [4.69, 9.17) is 0 Å². The third-order valence-electron chi connectivity index (χ3n) is 3.47. The molecule has 1 aromatic carbocycles. The molecule has 2 aromatic rings. The zero-order chi connectivity index (χ0) is 14.0. The van der Waals surface area contributed by atoms with Crippen molar-refractivity contribution >= 4 is 15.9 Å². The van der Waals surface area contributed by atoms with E-state index in [0.717, 1.165) is 28.9 Å². The summed E-state index contributed by atoms with van der Waals surface area (Å²) < 4.78 is 3.08. The van der Waals surface area contributed by atoms with Gasteiger partial charge in [0.2, 0.25) is 0 Å². The van der Waals surface area contributed by atoms with Gasteiger partial charge in [0, 0.05) is 16.7 Å². The van der Waals surface area contributed by atoms with Crippen molar-refractivity contribution in [3.05, 3.63) is 45.2 Å². The van der Waals surface area contributed by atoms with Gasteiger partial charge in [0.05, 0.1) is 11.4 Å². The molecule has 3 nitrogen and oxygen atoms in total. The summed E-state index contributed by atoms with van der Waals surface area (Å²) >= 11 is 3.66. The average molecular weight is 322 g/mol. The zero-order valence-corrected chi connectivity index (χ0v) is 13.5. The van der Waals surface area contributed by atoms with Gasteiger partial charge in [0.25, 0.3) is 0 Å². The smallest absolute Gasteiger partial charge is 0.0791 e.